The van der Waals surface area contributed by atoms with E-state index in [-0.39, 0.29) is 0 Å². The lowest BCUT2D eigenvalue weighted by Crippen LogP contribution is -2.50. The molecule has 0 aliphatic carbocycles. The standard InChI is InChI=1S/C47H44B12N2O/c48-37-33-31(23-14-13-21-18-24(16-15-20(21)17-23)61-30-12-6-5-11-29(30)60-45(61)46(56,62)47(57,58)59)34-36(40(51)44(55)42(53)38(34)49)32(35(33)39(50)43(54)41(37)52)28-19-22-7-1-2-8-25(22)26-9-3-4-10-27(26)28/h1-19,62H,48-59H2. The van der Waals surface area contributed by atoms with Crippen molar-refractivity contribution in [3.63, 3.8) is 0 Å². The number of imidazole rings is 1. The molecule has 10 aromatic rings. The monoisotopic (exact) mass is 784 g/mol. The molecule has 15 heteroatoms. The van der Waals surface area contributed by atoms with Gasteiger partial charge in [-0.2, -0.15) is 0 Å². The van der Waals surface area contributed by atoms with E-state index in [0.29, 0.717) is 5.82 Å². The van der Waals surface area contributed by atoms with Gasteiger partial charge in [0.2, 0.25) is 0 Å². The Kier molecular flexibility index (Phi) is 9.33. The van der Waals surface area contributed by atoms with Crippen LogP contribution in [0.4, 0.5) is 0 Å². The quantitative estimate of drug-likeness (QED) is 0.108. The van der Waals surface area contributed by atoms with Crippen molar-refractivity contribution in [2.24, 2.45) is 0 Å². The maximum Gasteiger partial charge on any atom is 0.150 e. The molecule has 1 N–H and O–H groups in total. The molecule has 10 rings (SSSR count). The van der Waals surface area contributed by atoms with E-state index in [2.05, 4.69) is 188 Å². The minimum absolute atomic E-state index is 0.443. The summed E-state index contributed by atoms with van der Waals surface area (Å²) in [5.74, 6) is 0.646. The van der Waals surface area contributed by atoms with Crippen molar-refractivity contribution in [1.29, 1.82) is 0 Å². The van der Waals surface area contributed by atoms with E-state index < -0.39 is 10.6 Å². The Hall–Kier alpha value is -5.51. The second kappa shape index (κ2) is 14.3. The van der Waals surface area contributed by atoms with Crippen molar-refractivity contribution < 1.29 is 5.11 Å². The average molecular weight is 783 g/mol. The summed E-state index contributed by atoms with van der Waals surface area (Å²) in [6, 6.07) is 42.3. The SMILES string of the molecule is Bc1c(B)c(B)c2c(-c3cc4ccccc4c4ccccc34)c3c(B)c(B)c(B)c(B)c3c(-c3ccc4cc(-n5c(C(B)(O)C(B)(B)B)nc6ccccc65)ccc4c3)c2c1B. The van der Waals surface area contributed by atoms with Gasteiger partial charge in [-0.3, -0.25) is 4.57 Å². The van der Waals surface area contributed by atoms with Crippen molar-refractivity contribution in [3.05, 3.63) is 121 Å². The Morgan fingerprint density at radius 3 is 1.56 bits per heavy atom. The van der Waals surface area contributed by atoms with Crippen molar-refractivity contribution in [1.82, 2.24) is 9.55 Å². The van der Waals surface area contributed by atoms with Gasteiger partial charge in [0.25, 0.3) is 0 Å². The predicted molar refractivity (Wildman–Crippen MR) is 306 cm³/mol. The normalized spacial score (nSPS) is 13.2. The zero-order chi connectivity index (χ0) is 43.7. The summed E-state index contributed by atoms with van der Waals surface area (Å²) in [7, 11) is 26.7. The summed E-state index contributed by atoms with van der Waals surface area (Å²) < 4.78 is 2.15. The van der Waals surface area contributed by atoms with E-state index in [9.17, 15) is 5.11 Å². The molecule has 62 heavy (non-hydrogen) atoms. The second-order valence-corrected chi connectivity index (χ2v) is 19.3. The van der Waals surface area contributed by atoms with Gasteiger partial charge in [0.05, 0.1) is 40.1 Å². The lowest BCUT2D eigenvalue weighted by molar-refractivity contribution is 0.118. The summed E-state index contributed by atoms with van der Waals surface area (Å²) in [4.78, 5) is 5.05. The molecule has 0 radical (unpaired) electrons. The zero-order valence-electron chi connectivity index (χ0n) is 38.3. The maximum absolute atomic E-state index is 12.1. The summed E-state index contributed by atoms with van der Waals surface area (Å²) >= 11 is 0. The fraction of sp³-hybridized carbons (Fsp3) is 0.0426. The van der Waals surface area contributed by atoms with Gasteiger partial charge in [-0.1, -0.05) is 106 Å². The van der Waals surface area contributed by atoms with Crippen molar-refractivity contribution in [2.45, 2.75) is 10.6 Å². The van der Waals surface area contributed by atoms with Crippen LogP contribution in [0.25, 0.3) is 92.8 Å². The molecule has 0 aliphatic heterocycles. The number of aromatic nitrogens is 2. The van der Waals surface area contributed by atoms with Crippen LogP contribution in [0.1, 0.15) is 5.82 Å². The van der Waals surface area contributed by atoms with Crippen molar-refractivity contribution >= 4 is 203 Å². The molecule has 0 fully saturated rings. The van der Waals surface area contributed by atoms with E-state index in [4.69, 9.17) is 4.98 Å². The van der Waals surface area contributed by atoms with Crippen LogP contribution in [-0.4, -0.2) is 109 Å². The van der Waals surface area contributed by atoms with Crippen LogP contribution in [0, 0.1) is 0 Å². The molecule has 0 bridgehead atoms. The van der Waals surface area contributed by atoms with Gasteiger partial charge in [0, 0.05) is 5.69 Å². The number of rotatable bonds is 5. The lowest BCUT2D eigenvalue weighted by atomic mass is 9.32. The Morgan fingerprint density at radius 1 is 0.452 bits per heavy atom. The summed E-state index contributed by atoms with van der Waals surface area (Å²) in [6.07, 6.45) is 0. The number of fused-ring (bicyclic) bond motifs is 7. The number of aliphatic hydroxyl groups is 1. The van der Waals surface area contributed by atoms with Crippen LogP contribution in [0.2, 0.25) is 5.11 Å². The highest BCUT2D eigenvalue weighted by atomic mass is 16.3. The van der Waals surface area contributed by atoms with E-state index in [1.54, 1.807) is 0 Å². The van der Waals surface area contributed by atoms with E-state index >= 15 is 0 Å². The van der Waals surface area contributed by atoms with Gasteiger partial charge in [-0.15, -0.1) is 21.9 Å². The topological polar surface area (TPSA) is 38.0 Å². The molecule has 1 atom stereocenters. The molecule has 0 amide bonds. The fourth-order valence-electron chi connectivity index (χ4n) is 10.4. The van der Waals surface area contributed by atoms with Gasteiger partial charge >= 0.3 is 0 Å². The Bertz CT molecular complexity index is 3520. The number of benzene rings is 9. The molecule has 9 aromatic carbocycles. The predicted octanol–water partition coefficient (Wildman–Crippen LogP) is -6.06. The maximum atomic E-state index is 12.1. The van der Waals surface area contributed by atoms with Crippen LogP contribution in [-0.2, 0) is 5.50 Å². The van der Waals surface area contributed by atoms with Crippen molar-refractivity contribution in [2.75, 3.05) is 0 Å². The van der Waals surface area contributed by atoms with Crippen LogP contribution >= 0.6 is 0 Å². The molecular weight excluding hydrogens is 738 g/mol. The van der Waals surface area contributed by atoms with Gasteiger partial charge in [0.1, 0.15) is 68.6 Å². The highest BCUT2D eigenvalue weighted by Crippen LogP contribution is 2.45. The molecular formula is C47H44B12N2O. The van der Waals surface area contributed by atoms with Gasteiger partial charge in [0.15, 0.2) is 7.85 Å². The second-order valence-electron chi connectivity index (χ2n) is 19.3. The largest absolute Gasteiger partial charge is 0.393 e. The third-order valence-electron chi connectivity index (χ3n) is 15.2. The third kappa shape index (κ3) is 5.76. The fourth-order valence-corrected chi connectivity index (χ4v) is 10.4. The summed E-state index contributed by atoms with van der Waals surface area (Å²) in [6.45, 7) is 0. The minimum Gasteiger partial charge on any atom is -0.393 e. The van der Waals surface area contributed by atoms with Gasteiger partial charge in [-0.25, -0.2) is 4.98 Å². The Labute approximate surface area is 375 Å². The van der Waals surface area contributed by atoms with Crippen LogP contribution < -0.4 is 43.7 Å². The number of nitrogens with zero attached hydrogens (tertiary/aromatic N) is 2. The lowest BCUT2D eigenvalue weighted by Gasteiger charge is -2.37. The molecule has 284 valence electrons. The first-order valence-electron chi connectivity index (χ1n) is 22.1. The minimum atomic E-state index is -1.18. The number of hydrogen-bond acceptors (Lipinski definition) is 2. The highest BCUT2D eigenvalue weighted by Gasteiger charge is 2.41. The summed E-state index contributed by atoms with van der Waals surface area (Å²) in [5.41, 5.74) is 17.6. The third-order valence-corrected chi connectivity index (χ3v) is 15.2. The van der Waals surface area contributed by atoms with Gasteiger partial charge < -0.3 is 5.11 Å². The molecule has 0 saturated heterocycles. The van der Waals surface area contributed by atoms with Crippen molar-refractivity contribution in [3.8, 4) is 27.9 Å². The first-order chi connectivity index (χ1) is 29.5. The zero-order valence-corrected chi connectivity index (χ0v) is 38.3. The van der Waals surface area contributed by atoms with Crippen LogP contribution in [0.5, 0.6) is 0 Å². The molecule has 1 aromatic heterocycles. The molecule has 1 unspecified atom stereocenters. The van der Waals surface area contributed by atoms with E-state index in [0.717, 1.165) is 22.1 Å². The smallest absolute Gasteiger partial charge is 0.150 e. The number of hydrogen-bond donors (Lipinski definition) is 1. The molecule has 1 heterocycles. The first-order valence-corrected chi connectivity index (χ1v) is 22.1. The average Bonchev–Trinajstić information content (AvgIpc) is 3.67. The molecule has 0 spiro atoms. The highest BCUT2D eigenvalue weighted by molar-refractivity contribution is 6.71. The van der Waals surface area contributed by atoms with Crippen LogP contribution in [0.3, 0.4) is 0 Å². The first kappa shape index (κ1) is 40.6. The molecule has 0 saturated carbocycles. The molecule has 0 aliphatic rings. The Balaban J connectivity index is 1.31. The summed E-state index contributed by atoms with van der Waals surface area (Å²) in [5, 5.41) is 24.4. The van der Waals surface area contributed by atoms with Crippen LogP contribution in [0.15, 0.2) is 115 Å². The Morgan fingerprint density at radius 2 is 0.952 bits per heavy atom. The van der Waals surface area contributed by atoms with Gasteiger partial charge in [-0.05, 0) is 113 Å². The van der Waals surface area contributed by atoms with E-state index in [1.807, 2.05) is 26.0 Å². The molecule has 3 nitrogen and oxygen atoms in total. The van der Waals surface area contributed by atoms with E-state index in [1.165, 1.54) is 114 Å². The number of para-hydroxylation sites is 2.